The van der Waals surface area contributed by atoms with Crippen LogP contribution in [0.3, 0.4) is 0 Å². The molecular formula is C22H28N4. The second-order valence-corrected chi connectivity index (χ2v) is 8.70. The van der Waals surface area contributed by atoms with E-state index in [0.717, 1.165) is 11.3 Å². The molecule has 0 spiro atoms. The Morgan fingerprint density at radius 1 is 0.692 bits per heavy atom. The molecule has 0 saturated heterocycles. The monoisotopic (exact) mass is 348 g/mol. The summed E-state index contributed by atoms with van der Waals surface area (Å²) in [7, 11) is 0. The molecule has 0 atom stereocenters. The zero-order chi connectivity index (χ0) is 18.9. The summed E-state index contributed by atoms with van der Waals surface area (Å²) in [4.78, 5) is 14.8. The van der Waals surface area contributed by atoms with E-state index >= 15 is 0 Å². The Bertz CT molecular complexity index is 1000. The second kappa shape index (κ2) is 6.60. The van der Waals surface area contributed by atoms with Gasteiger partial charge in [0.2, 0.25) is 0 Å². The minimum Gasteiger partial charge on any atom is -0.346 e. The lowest BCUT2D eigenvalue weighted by atomic mass is 9.86. The topological polar surface area (TPSA) is 57.4 Å². The molecule has 0 aliphatic heterocycles. The number of rotatable bonds is 0. The largest absolute Gasteiger partial charge is 0.346 e. The van der Waals surface area contributed by atoms with E-state index in [1.807, 2.05) is 24.7 Å². The number of nitrogens with zero attached hydrogens (tertiary/aromatic N) is 2. The molecular weight excluding hydrogens is 320 g/mol. The molecule has 4 heteroatoms. The van der Waals surface area contributed by atoms with E-state index in [1.54, 1.807) is 0 Å². The number of aromatic amines is 2. The third-order valence-electron chi connectivity index (χ3n) is 4.53. The van der Waals surface area contributed by atoms with Gasteiger partial charge in [-0.1, -0.05) is 41.5 Å². The van der Waals surface area contributed by atoms with Gasteiger partial charge in [-0.15, -0.1) is 0 Å². The Kier molecular flexibility index (Phi) is 4.61. The third-order valence-corrected chi connectivity index (χ3v) is 4.53. The molecule has 4 heterocycles. The van der Waals surface area contributed by atoms with Gasteiger partial charge in [-0.3, -0.25) is 0 Å². The van der Waals surface area contributed by atoms with Crippen LogP contribution in [-0.4, -0.2) is 19.9 Å². The van der Waals surface area contributed by atoms with E-state index in [-0.39, 0.29) is 10.8 Å². The molecule has 0 aliphatic rings. The van der Waals surface area contributed by atoms with Crippen LogP contribution < -0.4 is 0 Å². The normalized spacial score (nSPS) is 12.2. The van der Waals surface area contributed by atoms with Crippen molar-refractivity contribution >= 4 is 22.1 Å². The zero-order valence-electron chi connectivity index (χ0n) is 16.5. The molecule has 0 fully saturated rings. The lowest BCUT2D eigenvalue weighted by molar-refractivity contribution is 0.595. The van der Waals surface area contributed by atoms with Crippen LogP contribution in [0.2, 0.25) is 0 Å². The summed E-state index contributed by atoms with van der Waals surface area (Å²) in [6.45, 7) is 13.3. The highest BCUT2D eigenvalue weighted by Crippen LogP contribution is 2.29. The highest BCUT2D eigenvalue weighted by atomic mass is 14.8. The van der Waals surface area contributed by atoms with Crippen molar-refractivity contribution in [1.82, 2.24) is 19.9 Å². The molecule has 0 bridgehead atoms. The molecule has 4 aromatic heterocycles. The number of aromatic nitrogens is 4. The molecule has 0 unspecified atom stereocenters. The fourth-order valence-corrected chi connectivity index (χ4v) is 3.19. The third kappa shape index (κ3) is 3.64. The molecule has 4 nitrogen and oxygen atoms in total. The molecule has 26 heavy (non-hydrogen) atoms. The summed E-state index contributed by atoms with van der Waals surface area (Å²) in [6, 6.07) is 8.27. The number of nitrogens with one attached hydrogen (secondary N) is 2. The Hall–Kier alpha value is -2.62. The van der Waals surface area contributed by atoms with Crippen LogP contribution in [-0.2, 0) is 10.8 Å². The van der Waals surface area contributed by atoms with E-state index in [4.69, 9.17) is 0 Å². The summed E-state index contributed by atoms with van der Waals surface area (Å²) in [5.41, 5.74) is 5.00. The lowest BCUT2D eigenvalue weighted by Gasteiger charge is -2.19. The van der Waals surface area contributed by atoms with E-state index in [2.05, 4.69) is 85.9 Å². The van der Waals surface area contributed by atoms with Crippen LogP contribution in [0, 0.1) is 0 Å². The van der Waals surface area contributed by atoms with Crippen LogP contribution in [0.25, 0.3) is 22.1 Å². The van der Waals surface area contributed by atoms with Gasteiger partial charge in [-0.25, -0.2) is 9.97 Å². The van der Waals surface area contributed by atoms with Crippen molar-refractivity contribution in [3.05, 3.63) is 60.2 Å². The minimum atomic E-state index is 0.182. The predicted octanol–water partition coefficient (Wildman–Crippen LogP) is 5.72. The maximum absolute atomic E-state index is 4.26. The first-order valence-corrected chi connectivity index (χ1v) is 9.03. The number of hydrogen-bond acceptors (Lipinski definition) is 2. The van der Waals surface area contributed by atoms with Gasteiger partial charge in [0.25, 0.3) is 0 Å². The molecule has 4 rings (SSSR count). The molecule has 0 amide bonds. The van der Waals surface area contributed by atoms with Gasteiger partial charge in [0, 0.05) is 35.6 Å². The summed E-state index contributed by atoms with van der Waals surface area (Å²) in [5.74, 6) is 0. The Morgan fingerprint density at radius 3 is 2.00 bits per heavy atom. The van der Waals surface area contributed by atoms with Crippen LogP contribution >= 0.6 is 0 Å². The van der Waals surface area contributed by atoms with E-state index in [1.165, 1.54) is 21.9 Å². The standard InChI is InChI=1S/2C11H14N2/c1-11(2,3)9-5-7-13-10-8(9)4-6-12-10;1-11(2,3)9-7-13-10-8(9)5-4-6-12-10/h2*4-7H,1-3H3,(H,12,13). The number of H-pyrrole nitrogens is 2. The summed E-state index contributed by atoms with van der Waals surface area (Å²) in [6.07, 6.45) is 7.66. The quantitative estimate of drug-likeness (QED) is 0.427. The summed E-state index contributed by atoms with van der Waals surface area (Å²) in [5, 5.41) is 2.46. The number of fused-ring (bicyclic) bond motifs is 2. The highest BCUT2D eigenvalue weighted by Gasteiger charge is 2.18. The number of pyridine rings is 2. The van der Waals surface area contributed by atoms with E-state index in [9.17, 15) is 0 Å². The molecule has 0 radical (unpaired) electrons. The lowest BCUT2D eigenvalue weighted by Crippen LogP contribution is -2.11. The van der Waals surface area contributed by atoms with Gasteiger partial charge >= 0.3 is 0 Å². The number of hydrogen-bond donors (Lipinski definition) is 2. The second-order valence-electron chi connectivity index (χ2n) is 8.70. The van der Waals surface area contributed by atoms with E-state index in [0.29, 0.717) is 0 Å². The molecule has 2 N–H and O–H groups in total. The first-order chi connectivity index (χ1) is 12.2. The Morgan fingerprint density at radius 2 is 1.31 bits per heavy atom. The van der Waals surface area contributed by atoms with Crippen LogP contribution in [0.5, 0.6) is 0 Å². The van der Waals surface area contributed by atoms with Crippen LogP contribution in [0.4, 0.5) is 0 Å². The SMILES string of the molecule is CC(C)(C)c1c[nH]c2ncccc12.CC(C)(C)c1ccnc2[nH]ccc12. The molecule has 0 aromatic carbocycles. The molecule has 4 aromatic rings. The average Bonchev–Trinajstić information content (AvgIpc) is 3.20. The zero-order valence-corrected chi connectivity index (χ0v) is 16.5. The maximum atomic E-state index is 4.26. The summed E-state index contributed by atoms with van der Waals surface area (Å²) >= 11 is 0. The first-order valence-electron chi connectivity index (χ1n) is 9.03. The molecule has 0 saturated carbocycles. The van der Waals surface area contributed by atoms with Crippen molar-refractivity contribution in [3.8, 4) is 0 Å². The van der Waals surface area contributed by atoms with Gasteiger partial charge in [0.1, 0.15) is 11.3 Å². The smallest absolute Gasteiger partial charge is 0.137 e. The average molecular weight is 348 g/mol. The van der Waals surface area contributed by atoms with Gasteiger partial charge < -0.3 is 9.97 Å². The maximum Gasteiger partial charge on any atom is 0.137 e. The first kappa shape index (κ1) is 18.2. The van der Waals surface area contributed by atoms with Crippen molar-refractivity contribution in [1.29, 1.82) is 0 Å². The molecule has 0 aliphatic carbocycles. The van der Waals surface area contributed by atoms with Crippen molar-refractivity contribution < 1.29 is 0 Å². The van der Waals surface area contributed by atoms with Gasteiger partial charge in [0.05, 0.1) is 0 Å². The predicted molar refractivity (Wildman–Crippen MR) is 110 cm³/mol. The van der Waals surface area contributed by atoms with Crippen molar-refractivity contribution in [2.24, 2.45) is 0 Å². The van der Waals surface area contributed by atoms with Gasteiger partial charge in [-0.05, 0) is 46.2 Å². The van der Waals surface area contributed by atoms with Crippen molar-refractivity contribution in [2.45, 2.75) is 52.4 Å². The minimum absolute atomic E-state index is 0.182. The molecule has 136 valence electrons. The fraction of sp³-hybridized carbons (Fsp3) is 0.364. The highest BCUT2D eigenvalue weighted by molar-refractivity contribution is 5.81. The summed E-state index contributed by atoms with van der Waals surface area (Å²) < 4.78 is 0. The fourth-order valence-electron chi connectivity index (χ4n) is 3.19. The van der Waals surface area contributed by atoms with Crippen LogP contribution in [0.1, 0.15) is 52.7 Å². The van der Waals surface area contributed by atoms with Gasteiger partial charge in [-0.2, -0.15) is 0 Å². The Labute approximate surface area is 155 Å². The van der Waals surface area contributed by atoms with E-state index < -0.39 is 0 Å². The Balaban J connectivity index is 0.000000151. The van der Waals surface area contributed by atoms with Gasteiger partial charge in [0.15, 0.2) is 0 Å². The van der Waals surface area contributed by atoms with Crippen molar-refractivity contribution in [2.75, 3.05) is 0 Å². The van der Waals surface area contributed by atoms with Crippen LogP contribution in [0.15, 0.2) is 49.1 Å². The van der Waals surface area contributed by atoms with Crippen molar-refractivity contribution in [3.63, 3.8) is 0 Å².